The molecule has 24 heavy (non-hydrogen) atoms. The lowest BCUT2D eigenvalue weighted by atomic mass is 10.1. The van der Waals surface area contributed by atoms with Gasteiger partial charge in [0.25, 0.3) is 5.91 Å². The number of halogens is 6. The van der Waals surface area contributed by atoms with E-state index in [2.05, 4.69) is 5.32 Å². The molecule has 1 aliphatic rings. The van der Waals surface area contributed by atoms with E-state index in [9.17, 15) is 40.7 Å². The second-order valence-electron chi connectivity index (χ2n) is 4.77. The third-order valence-electron chi connectivity index (χ3n) is 2.63. The molecule has 1 heterocycles. The first kappa shape index (κ1) is 21.9. The zero-order valence-electron chi connectivity index (χ0n) is 12.0. The van der Waals surface area contributed by atoms with Gasteiger partial charge in [-0.15, -0.1) is 0 Å². The van der Waals surface area contributed by atoms with Gasteiger partial charge >= 0.3 is 24.4 Å². The number of nitrogens with one attached hydrogen (secondary N) is 2. The molecule has 13 heteroatoms. The minimum absolute atomic E-state index is 0.416. The summed E-state index contributed by atoms with van der Waals surface area (Å²) >= 11 is 0. The molecular formula is C11H15F6N3O4. The summed E-state index contributed by atoms with van der Waals surface area (Å²) in [7, 11) is 0. The van der Waals surface area contributed by atoms with Crippen LogP contribution >= 0.6 is 0 Å². The van der Waals surface area contributed by atoms with Crippen LogP contribution in [0, 0.1) is 0 Å². The fourth-order valence-electron chi connectivity index (χ4n) is 1.41. The number of urea groups is 1. The van der Waals surface area contributed by atoms with Crippen molar-refractivity contribution in [3.8, 4) is 0 Å². The van der Waals surface area contributed by atoms with Gasteiger partial charge in [0.05, 0.1) is 0 Å². The summed E-state index contributed by atoms with van der Waals surface area (Å²) < 4.78 is 69.4. The van der Waals surface area contributed by atoms with Crippen LogP contribution in [0.15, 0.2) is 0 Å². The lowest BCUT2D eigenvalue weighted by Gasteiger charge is -2.08. The Morgan fingerprint density at radius 2 is 1.62 bits per heavy atom. The third kappa shape index (κ3) is 10.6. The van der Waals surface area contributed by atoms with Crippen molar-refractivity contribution in [2.24, 2.45) is 5.73 Å². The van der Waals surface area contributed by atoms with Crippen LogP contribution < -0.4 is 16.4 Å². The Kier molecular flexibility index (Phi) is 7.96. The van der Waals surface area contributed by atoms with Gasteiger partial charge in [0.2, 0.25) is 0 Å². The summed E-state index contributed by atoms with van der Waals surface area (Å²) in [5.41, 5.74) is 4.82. The van der Waals surface area contributed by atoms with E-state index in [1.807, 2.05) is 5.32 Å². The van der Waals surface area contributed by atoms with Gasteiger partial charge < -0.3 is 16.2 Å². The standard InChI is InChI=1S/C6H7F3N2O2.C5H8F3NO2/c7-6(8,9)2-1-3-4(12)11-5(13)10-3;6-5(7,8)2-1-3(9)4(10)11/h3H,1-2H2,(H2,10,11,12,13);3H,1-2,9H2,(H,10,11)/t;3-/m.0/s1. The lowest BCUT2D eigenvalue weighted by Crippen LogP contribution is -2.31. The van der Waals surface area contributed by atoms with Gasteiger partial charge in [0.1, 0.15) is 12.1 Å². The van der Waals surface area contributed by atoms with Crippen LogP contribution in [0.25, 0.3) is 0 Å². The van der Waals surface area contributed by atoms with E-state index >= 15 is 0 Å². The zero-order chi connectivity index (χ0) is 19.1. The van der Waals surface area contributed by atoms with E-state index in [1.54, 1.807) is 0 Å². The topological polar surface area (TPSA) is 122 Å². The monoisotopic (exact) mass is 367 g/mol. The molecular weight excluding hydrogens is 352 g/mol. The second-order valence-corrected chi connectivity index (χ2v) is 4.77. The molecule has 1 aliphatic heterocycles. The highest BCUT2D eigenvalue weighted by atomic mass is 19.4. The number of rotatable bonds is 5. The summed E-state index contributed by atoms with van der Waals surface area (Å²) in [6.07, 6.45) is -11.8. The van der Waals surface area contributed by atoms with Crippen LogP contribution in [0.5, 0.6) is 0 Å². The number of imide groups is 1. The number of nitrogens with two attached hydrogens (primary N) is 1. The van der Waals surface area contributed by atoms with Crippen molar-refractivity contribution < 1.29 is 45.8 Å². The molecule has 1 unspecified atom stereocenters. The second kappa shape index (κ2) is 8.70. The molecule has 1 fully saturated rings. The van der Waals surface area contributed by atoms with Crippen LogP contribution in [-0.4, -0.2) is 47.5 Å². The van der Waals surface area contributed by atoms with E-state index in [0.717, 1.165) is 0 Å². The molecule has 0 aromatic rings. The van der Waals surface area contributed by atoms with E-state index in [0.29, 0.717) is 0 Å². The number of carboxylic acid groups (broad SMARTS) is 1. The van der Waals surface area contributed by atoms with Crippen molar-refractivity contribution in [1.82, 2.24) is 10.6 Å². The smallest absolute Gasteiger partial charge is 0.389 e. The maximum Gasteiger partial charge on any atom is 0.389 e. The Morgan fingerprint density at radius 3 is 1.96 bits per heavy atom. The van der Waals surface area contributed by atoms with Crippen molar-refractivity contribution >= 4 is 17.9 Å². The highest BCUT2D eigenvalue weighted by Gasteiger charge is 2.34. The minimum atomic E-state index is -4.33. The van der Waals surface area contributed by atoms with Gasteiger partial charge in [-0.05, 0) is 12.8 Å². The highest BCUT2D eigenvalue weighted by Crippen LogP contribution is 2.23. The van der Waals surface area contributed by atoms with Crippen LogP contribution in [0.1, 0.15) is 25.7 Å². The van der Waals surface area contributed by atoms with Crippen molar-refractivity contribution in [2.45, 2.75) is 50.1 Å². The average Bonchev–Trinajstić information content (AvgIpc) is 2.71. The molecule has 1 saturated heterocycles. The summed E-state index contributed by atoms with van der Waals surface area (Å²) in [6.45, 7) is 0. The van der Waals surface area contributed by atoms with Crippen LogP contribution in [0.3, 0.4) is 0 Å². The predicted octanol–water partition coefficient (Wildman–Crippen LogP) is 1.28. The zero-order valence-corrected chi connectivity index (χ0v) is 12.0. The Morgan fingerprint density at radius 1 is 1.12 bits per heavy atom. The normalized spacial score (nSPS) is 19.0. The summed E-state index contributed by atoms with van der Waals surface area (Å²) in [6, 6.07) is -3.21. The first-order valence-corrected chi connectivity index (χ1v) is 6.44. The molecule has 2 atom stereocenters. The summed E-state index contributed by atoms with van der Waals surface area (Å²) in [4.78, 5) is 31.1. The molecule has 0 aromatic carbocycles. The summed E-state index contributed by atoms with van der Waals surface area (Å²) in [5, 5.41) is 12.0. The molecule has 0 bridgehead atoms. The predicted molar refractivity (Wildman–Crippen MR) is 66.7 cm³/mol. The van der Waals surface area contributed by atoms with Crippen molar-refractivity contribution in [2.75, 3.05) is 0 Å². The number of amides is 3. The molecule has 140 valence electrons. The highest BCUT2D eigenvalue weighted by molar-refractivity contribution is 6.04. The SMILES string of the molecule is N[C@@H](CCC(F)(F)F)C(=O)O.O=C1NC(=O)C(CCC(F)(F)F)N1. The maximum atomic E-state index is 11.7. The molecule has 5 N–H and O–H groups in total. The molecule has 0 aliphatic carbocycles. The first-order chi connectivity index (χ1) is 10.7. The molecule has 0 radical (unpaired) electrons. The van der Waals surface area contributed by atoms with E-state index < -0.39 is 68.0 Å². The largest absolute Gasteiger partial charge is 0.480 e. The summed E-state index contributed by atoms with van der Waals surface area (Å²) in [5.74, 6) is -2.11. The number of carbonyl (C=O) groups is 3. The van der Waals surface area contributed by atoms with E-state index in [4.69, 9.17) is 10.8 Å². The van der Waals surface area contributed by atoms with E-state index in [-0.39, 0.29) is 0 Å². The Labute approximate surface area is 131 Å². The Balaban J connectivity index is 0.000000449. The van der Waals surface area contributed by atoms with E-state index in [1.165, 1.54) is 0 Å². The van der Waals surface area contributed by atoms with Gasteiger partial charge in [-0.3, -0.25) is 14.9 Å². The van der Waals surface area contributed by atoms with Crippen LogP contribution in [0.2, 0.25) is 0 Å². The fourth-order valence-corrected chi connectivity index (χ4v) is 1.41. The maximum absolute atomic E-state index is 11.7. The third-order valence-corrected chi connectivity index (χ3v) is 2.63. The number of hydrogen-bond acceptors (Lipinski definition) is 4. The van der Waals surface area contributed by atoms with Gasteiger partial charge in [-0.1, -0.05) is 0 Å². The van der Waals surface area contributed by atoms with Gasteiger partial charge in [-0.2, -0.15) is 26.3 Å². The van der Waals surface area contributed by atoms with Crippen LogP contribution in [-0.2, 0) is 9.59 Å². The number of carbonyl (C=O) groups excluding carboxylic acids is 2. The van der Waals surface area contributed by atoms with Gasteiger partial charge in [-0.25, -0.2) is 4.79 Å². The van der Waals surface area contributed by atoms with Gasteiger partial charge in [0, 0.05) is 12.8 Å². The first-order valence-electron chi connectivity index (χ1n) is 6.44. The molecule has 1 rings (SSSR count). The van der Waals surface area contributed by atoms with Crippen molar-refractivity contribution in [3.05, 3.63) is 0 Å². The number of hydrogen-bond donors (Lipinski definition) is 4. The molecule has 0 spiro atoms. The van der Waals surface area contributed by atoms with Crippen LogP contribution in [0.4, 0.5) is 31.1 Å². The fraction of sp³-hybridized carbons (Fsp3) is 0.727. The molecule has 3 amide bonds. The molecule has 0 saturated carbocycles. The quantitative estimate of drug-likeness (QED) is 0.431. The molecule has 7 nitrogen and oxygen atoms in total. The molecule has 0 aromatic heterocycles. The lowest BCUT2D eigenvalue weighted by molar-refractivity contribution is -0.145. The van der Waals surface area contributed by atoms with Gasteiger partial charge in [0.15, 0.2) is 0 Å². The Hall–Kier alpha value is -2.05. The average molecular weight is 367 g/mol. The number of carboxylic acids is 1. The Bertz CT molecular complexity index is 466. The minimum Gasteiger partial charge on any atom is -0.480 e. The van der Waals surface area contributed by atoms with Crippen molar-refractivity contribution in [3.63, 3.8) is 0 Å². The number of aliphatic carboxylic acids is 1. The number of alkyl halides is 6. The van der Waals surface area contributed by atoms with Crippen molar-refractivity contribution in [1.29, 1.82) is 0 Å².